The largest absolute Gasteiger partial charge is 0.497 e. The first-order valence-corrected chi connectivity index (χ1v) is 8.35. The van der Waals surface area contributed by atoms with E-state index < -0.39 is 0 Å². The van der Waals surface area contributed by atoms with Crippen molar-refractivity contribution in [3.63, 3.8) is 0 Å². The molecule has 2 aliphatic rings. The molecule has 2 atom stereocenters. The van der Waals surface area contributed by atoms with Gasteiger partial charge in [-0.25, -0.2) is 0 Å². The maximum Gasteiger partial charge on any atom is 0.228 e. The Morgan fingerprint density at radius 3 is 2.87 bits per heavy atom. The Kier molecular flexibility index (Phi) is 4.55. The van der Waals surface area contributed by atoms with Crippen LogP contribution >= 0.6 is 0 Å². The van der Waals surface area contributed by atoms with Crippen molar-refractivity contribution in [2.75, 3.05) is 25.1 Å². The quantitative estimate of drug-likeness (QED) is 0.860. The summed E-state index contributed by atoms with van der Waals surface area (Å²) in [5, 5.41) is 0. The van der Waals surface area contributed by atoms with Gasteiger partial charge in [-0.1, -0.05) is 6.07 Å². The van der Waals surface area contributed by atoms with Gasteiger partial charge in [-0.3, -0.25) is 9.59 Å². The average Bonchev–Trinajstić information content (AvgIpc) is 2.96. The van der Waals surface area contributed by atoms with Crippen molar-refractivity contribution in [1.82, 2.24) is 4.90 Å². The van der Waals surface area contributed by atoms with Gasteiger partial charge in [0.15, 0.2) is 0 Å². The van der Waals surface area contributed by atoms with E-state index in [1.165, 1.54) is 6.42 Å². The Morgan fingerprint density at radius 1 is 1.30 bits per heavy atom. The van der Waals surface area contributed by atoms with Crippen molar-refractivity contribution in [1.29, 1.82) is 0 Å². The van der Waals surface area contributed by atoms with Crippen LogP contribution in [-0.2, 0) is 9.59 Å². The molecule has 2 amide bonds. The van der Waals surface area contributed by atoms with Crippen molar-refractivity contribution in [3.05, 3.63) is 24.3 Å². The van der Waals surface area contributed by atoms with Gasteiger partial charge >= 0.3 is 0 Å². The highest BCUT2D eigenvalue weighted by atomic mass is 16.5. The van der Waals surface area contributed by atoms with Gasteiger partial charge < -0.3 is 14.5 Å². The highest BCUT2D eigenvalue weighted by Gasteiger charge is 2.38. The second-order valence-electron chi connectivity index (χ2n) is 6.48. The number of nitrogens with zero attached hydrogens (tertiary/aromatic N) is 2. The number of anilines is 1. The van der Waals surface area contributed by atoms with Crippen LogP contribution in [0.15, 0.2) is 24.3 Å². The third kappa shape index (κ3) is 3.19. The zero-order valence-corrected chi connectivity index (χ0v) is 13.8. The van der Waals surface area contributed by atoms with E-state index in [9.17, 15) is 9.59 Å². The molecular formula is C18H24N2O3. The second-order valence-corrected chi connectivity index (χ2v) is 6.48. The van der Waals surface area contributed by atoms with Crippen molar-refractivity contribution in [2.24, 2.45) is 5.92 Å². The molecule has 1 aromatic carbocycles. The minimum absolute atomic E-state index is 0.0151. The van der Waals surface area contributed by atoms with Crippen LogP contribution in [0.1, 0.15) is 32.6 Å². The molecule has 124 valence electrons. The number of benzene rings is 1. The van der Waals surface area contributed by atoms with Crippen LogP contribution in [0.5, 0.6) is 5.75 Å². The van der Waals surface area contributed by atoms with Crippen molar-refractivity contribution >= 4 is 17.5 Å². The fraction of sp³-hybridized carbons (Fsp3) is 0.556. The van der Waals surface area contributed by atoms with E-state index in [0.29, 0.717) is 13.0 Å². The number of carbonyl (C=O) groups excluding carboxylic acids is 2. The van der Waals surface area contributed by atoms with E-state index >= 15 is 0 Å². The van der Waals surface area contributed by atoms with Gasteiger partial charge in [0.2, 0.25) is 11.8 Å². The normalized spacial score (nSPS) is 24.9. The van der Waals surface area contributed by atoms with Crippen molar-refractivity contribution in [3.8, 4) is 5.75 Å². The van der Waals surface area contributed by atoms with Gasteiger partial charge in [-0.15, -0.1) is 0 Å². The highest BCUT2D eigenvalue weighted by Crippen LogP contribution is 2.30. The molecule has 0 N–H and O–H groups in total. The summed E-state index contributed by atoms with van der Waals surface area (Å²) >= 11 is 0. The zero-order valence-electron chi connectivity index (χ0n) is 13.8. The predicted octanol–water partition coefficient (Wildman–Crippen LogP) is 2.45. The Morgan fingerprint density at radius 2 is 2.13 bits per heavy atom. The molecule has 2 heterocycles. The first-order valence-electron chi connectivity index (χ1n) is 8.35. The van der Waals surface area contributed by atoms with Crippen LogP contribution in [0.4, 0.5) is 5.69 Å². The maximum absolute atomic E-state index is 12.8. The van der Waals surface area contributed by atoms with Gasteiger partial charge in [-0.05, 0) is 38.3 Å². The van der Waals surface area contributed by atoms with Crippen LogP contribution < -0.4 is 9.64 Å². The van der Waals surface area contributed by atoms with Crippen LogP contribution in [0.2, 0.25) is 0 Å². The first kappa shape index (κ1) is 15.8. The lowest BCUT2D eigenvalue weighted by atomic mass is 9.99. The van der Waals surface area contributed by atoms with Gasteiger partial charge in [-0.2, -0.15) is 0 Å². The summed E-state index contributed by atoms with van der Waals surface area (Å²) < 4.78 is 5.22. The van der Waals surface area contributed by atoms with Gasteiger partial charge in [0.1, 0.15) is 5.75 Å². The molecule has 0 bridgehead atoms. The monoisotopic (exact) mass is 316 g/mol. The molecule has 23 heavy (non-hydrogen) atoms. The highest BCUT2D eigenvalue weighted by molar-refractivity contribution is 6.00. The summed E-state index contributed by atoms with van der Waals surface area (Å²) in [6.45, 7) is 3.39. The smallest absolute Gasteiger partial charge is 0.228 e. The molecule has 2 saturated heterocycles. The molecule has 0 saturated carbocycles. The van der Waals surface area contributed by atoms with E-state index in [2.05, 4.69) is 6.92 Å². The van der Waals surface area contributed by atoms with Gasteiger partial charge in [0.05, 0.1) is 13.0 Å². The Hall–Kier alpha value is -2.04. The van der Waals surface area contributed by atoms with E-state index in [-0.39, 0.29) is 23.8 Å². The molecule has 0 aromatic heterocycles. The molecule has 5 heteroatoms. The lowest BCUT2D eigenvalue weighted by molar-refractivity contribution is -0.139. The number of likely N-dealkylation sites (tertiary alicyclic amines) is 1. The summed E-state index contributed by atoms with van der Waals surface area (Å²) in [6, 6.07) is 7.73. The minimum Gasteiger partial charge on any atom is -0.497 e. The number of piperidine rings is 1. The zero-order chi connectivity index (χ0) is 16.4. The van der Waals surface area contributed by atoms with E-state index in [0.717, 1.165) is 30.8 Å². The molecule has 3 rings (SSSR count). The third-order valence-electron chi connectivity index (χ3n) is 4.93. The van der Waals surface area contributed by atoms with Gasteiger partial charge in [0, 0.05) is 37.3 Å². The van der Waals surface area contributed by atoms with Crippen LogP contribution in [0.25, 0.3) is 0 Å². The molecule has 0 unspecified atom stereocenters. The van der Waals surface area contributed by atoms with Gasteiger partial charge in [0.25, 0.3) is 0 Å². The topological polar surface area (TPSA) is 49.9 Å². The van der Waals surface area contributed by atoms with E-state index in [4.69, 9.17) is 4.74 Å². The fourth-order valence-corrected chi connectivity index (χ4v) is 3.56. The summed E-state index contributed by atoms with van der Waals surface area (Å²) in [5.74, 6) is 0.640. The van der Waals surface area contributed by atoms with Crippen LogP contribution in [-0.4, -0.2) is 43.0 Å². The number of methoxy groups -OCH3 is 1. The Labute approximate surface area is 137 Å². The molecule has 0 radical (unpaired) electrons. The Balaban J connectivity index is 1.72. The van der Waals surface area contributed by atoms with E-state index in [1.807, 2.05) is 29.2 Å². The number of rotatable bonds is 3. The molecule has 2 aliphatic heterocycles. The standard InChI is InChI=1S/C18H24N2O3/c1-13-6-3-4-9-19(13)18(22)14-10-17(21)20(12-14)15-7-5-8-16(11-15)23-2/h5,7-8,11,13-14H,3-4,6,9-10,12H2,1-2H3/t13-,14-/m0/s1. The van der Waals surface area contributed by atoms with Crippen molar-refractivity contribution < 1.29 is 14.3 Å². The summed E-state index contributed by atoms with van der Waals surface area (Å²) in [7, 11) is 1.61. The Bertz CT molecular complexity index is 602. The lowest BCUT2D eigenvalue weighted by Gasteiger charge is -2.35. The SMILES string of the molecule is COc1cccc(N2C[C@@H](C(=O)N3CCCC[C@@H]3C)CC2=O)c1. The van der Waals surface area contributed by atoms with Crippen LogP contribution in [0, 0.1) is 5.92 Å². The molecule has 1 aromatic rings. The summed E-state index contributed by atoms with van der Waals surface area (Å²) in [6.07, 6.45) is 3.62. The minimum atomic E-state index is -0.228. The molecule has 0 spiro atoms. The fourth-order valence-electron chi connectivity index (χ4n) is 3.56. The van der Waals surface area contributed by atoms with Crippen LogP contribution in [0.3, 0.4) is 0 Å². The number of carbonyl (C=O) groups is 2. The number of ether oxygens (including phenoxy) is 1. The number of hydrogen-bond donors (Lipinski definition) is 0. The average molecular weight is 316 g/mol. The number of amides is 2. The summed E-state index contributed by atoms with van der Waals surface area (Å²) in [5.41, 5.74) is 0.802. The maximum atomic E-state index is 12.8. The number of hydrogen-bond acceptors (Lipinski definition) is 3. The van der Waals surface area contributed by atoms with E-state index in [1.54, 1.807) is 12.0 Å². The second kappa shape index (κ2) is 6.60. The molecule has 5 nitrogen and oxygen atoms in total. The molecule has 2 fully saturated rings. The van der Waals surface area contributed by atoms with Crippen molar-refractivity contribution in [2.45, 2.75) is 38.6 Å². The predicted molar refractivity (Wildman–Crippen MR) is 88.5 cm³/mol. The lowest BCUT2D eigenvalue weighted by Crippen LogP contribution is -2.45. The molecular weight excluding hydrogens is 292 g/mol. The molecule has 0 aliphatic carbocycles. The first-order chi connectivity index (χ1) is 11.1. The third-order valence-corrected chi connectivity index (χ3v) is 4.93. The summed E-state index contributed by atoms with van der Waals surface area (Å²) in [4.78, 5) is 28.8.